The third-order valence-electron chi connectivity index (χ3n) is 2.00. The molecule has 0 aliphatic heterocycles. The van der Waals surface area contributed by atoms with Crippen molar-refractivity contribution in [2.45, 2.75) is 6.92 Å². The van der Waals surface area contributed by atoms with E-state index in [1.165, 1.54) is 6.33 Å². The second-order valence-corrected chi connectivity index (χ2v) is 2.84. The number of nitrogens with zero attached hydrogens (tertiary/aromatic N) is 6. The van der Waals surface area contributed by atoms with Crippen molar-refractivity contribution in [1.29, 1.82) is 0 Å². The quantitative estimate of drug-likeness (QED) is 0.612. The number of aromatic nitrogens is 6. The Kier molecular flexibility index (Phi) is 1.61. The third-order valence-corrected chi connectivity index (χ3v) is 2.00. The predicted molar refractivity (Wildman–Crippen MR) is 45.7 cm³/mol. The molecule has 2 aromatic rings. The Morgan fingerprint density at radius 2 is 1.92 bits per heavy atom. The molecule has 2 aromatic heterocycles. The summed E-state index contributed by atoms with van der Waals surface area (Å²) < 4.78 is 3.55. The summed E-state index contributed by atoms with van der Waals surface area (Å²) in [5, 5.41) is 11.9. The average Bonchev–Trinajstić information content (AvgIpc) is 2.62. The molecule has 0 unspecified atom stereocenters. The largest absolute Gasteiger partial charge is 0.312 e. The van der Waals surface area contributed by atoms with Crippen LogP contribution in [0.4, 0.5) is 0 Å². The van der Waals surface area contributed by atoms with E-state index in [-0.39, 0.29) is 0 Å². The fourth-order valence-corrected chi connectivity index (χ4v) is 1.10. The first-order chi connectivity index (χ1) is 6.20. The first kappa shape index (κ1) is 7.90. The Morgan fingerprint density at radius 3 is 2.38 bits per heavy atom. The first-order valence-corrected chi connectivity index (χ1v) is 3.90. The van der Waals surface area contributed by atoms with Gasteiger partial charge in [-0.3, -0.25) is 0 Å². The maximum absolute atomic E-state index is 4.09. The second kappa shape index (κ2) is 2.65. The predicted octanol–water partition coefficient (Wildman–Crippen LogP) is -0.0810. The Bertz CT molecular complexity index is 426. The molecule has 0 saturated heterocycles. The Morgan fingerprint density at radius 1 is 1.15 bits per heavy atom. The zero-order valence-corrected chi connectivity index (χ0v) is 7.76. The second-order valence-electron chi connectivity index (χ2n) is 2.84. The van der Waals surface area contributed by atoms with Crippen LogP contribution in [-0.4, -0.2) is 29.5 Å². The molecule has 13 heavy (non-hydrogen) atoms. The van der Waals surface area contributed by atoms with Crippen LogP contribution >= 0.6 is 0 Å². The van der Waals surface area contributed by atoms with Crippen molar-refractivity contribution in [2.75, 3.05) is 0 Å². The maximum atomic E-state index is 4.09. The minimum absolute atomic E-state index is 0.725. The molecule has 0 saturated carbocycles. The van der Waals surface area contributed by atoms with Gasteiger partial charge >= 0.3 is 0 Å². The van der Waals surface area contributed by atoms with Crippen LogP contribution in [0, 0.1) is 6.92 Å². The van der Waals surface area contributed by atoms with Crippen molar-refractivity contribution in [2.24, 2.45) is 14.1 Å². The lowest BCUT2D eigenvalue weighted by Crippen LogP contribution is -2.01. The monoisotopic (exact) mass is 178 g/mol. The molecule has 0 aromatic carbocycles. The van der Waals surface area contributed by atoms with E-state index in [1.807, 2.05) is 25.6 Å². The summed E-state index contributed by atoms with van der Waals surface area (Å²) >= 11 is 0. The molecule has 0 spiro atoms. The van der Waals surface area contributed by atoms with Gasteiger partial charge in [-0.2, -0.15) is 5.10 Å². The highest BCUT2D eigenvalue weighted by molar-refractivity contribution is 5.42. The molecule has 68 valence electrons. The van der Waals surface area contributed by atoms with Gasteiger partial charge in [0.2, 0.25) is 5.82 Å². The van der Waals surface area contributed by atoms with Crippen molar-refractivity contribution in [3.8, 4) is 11.6 Å². The summed E-state index contributed by atoms with van der Waals surface area (Å²) in [5.41, 5.74) is 0. The standard InChI is InChI=1S/C7H10N6/c1-5-10-11-7(12(5)2)6-8-4-9-13(6)3/h4H,1-3H3. The molecule has 0 N–H and O–H groups in total. The maximum Gasteiger partial charge on any atom is 0.201 e. The molecule has 0 radical (unpaired) electrons. The highest BCUT2D eigenvalue weighted by Crippen LogP contribution is 2.11. The average molecular weight is 178 g/mol. The van der Waals surface area contributed by atoms with Crippen LogP contribution in [-0.2, 0) is 14.1 Å². The summed E-state index contributed by atoms with van der Waals surface area (Å²) in [5.74, 6) is 2.32. The molecule has 0 amide bonds. The van der Waals surface area contributed by atoms with Crippen LogP contribution in [0.1, 0.15) is 5.82 Å². The molecule has 0 fully saturated rings. The van der Waals surface area contributed by atoms with Gasteiger partial charge in [0.1, 0.15) is 12.2 Å². The van der Waals surface area contributed by atoms with Crippen molar-refractivity contribution in [1.82, 2.24) is 29.5 Å². The number of hydrogen-bond acceptors (Lipinski definition) is 4. The third kappa shape index (κ3) is 1.10. The number of hydrogen-bond donors (Lipinski definition) is 0. The number of rotatable bonds is 1. The van der Waals surface area contributed by atoms with Gasteiger partial charge in [-0.1, -0.05) is 0 Å². The molecule has 6 nitrogen and oxygen atoms in total. The van der Waals surface area contributed by atoms with E-state index in [0.29, 0.717) is 0 Å². The summed E-state index contributed by atoms with van der Waals surface area (Å²) in [6, 6.07) is 0. The summed E-state index contributed by atoms with van der Waals surface area (Å²) in [4.78, 5) is 4.09. The molecule has 6 heteroatoms. The molecule has 0 atom stereocenters. The zero-order valence-electron chi connectivity index (χ0n) is 7.76. The van der Waals surface area contributed by atoms with Crippen molar-refractivity contribution in [3.05, 3.63) is 12.2 Å². The SMILES string of the molecule is Cc1nnc(-c2ncnn2C)n1C. The lowest BCUT2D eigenvalue weighted by molar-refractivity contribution is 0.757. The fraction of sp³-hybridized carbons (Fsp3) is 0.429. The van der Waals surface area contributed by atoms with E-state index in [2.05, 4.69) is 20.3 Å². The Labute approximate surface area is 75.2 Å². The zero-order chi connectivity index (χ0) is 9.42. The molecular formula is C7H10N6. The van der Waals surface area contributed by atoms with Crippen LogP contribution in [0.25, 0.3) is 11.6 Å². The van der Waals surface area contributed by atoms with Crippen LogP contribution in [0.5, 0.6) is 0 Å². The minimum Gasteiger partial charge on any atom is -0.312 e. The van der Waals surface area contributed by atoms with E-state index in [0.717, 1.165) is 17.5 Å². The van der Waals surface area contributed by atoms with Crippen molar-refractivity contribution in [3.63, 3.8) is 0 Å². The van der Waals surface area contributed by atoms with E-state index in [1.54, 1.807) is 4.68 Å². The molecule has 2 rings (SSSR count). The highest BCUT2D eigenvalue weighted by atomic mass is 15.4. The fourth-order valence-electron chi connectivity index (χ4n) is 1.10. The van der Waals surface area contributed by atoms with Crippen LogP contribution in [0.3, 0.4) is 0 Å². The molecule has 0 bridgehead atoms. The van der Waals surface area contributed by atoms with Crippen molar-refractivity contribution < 1.29 is 0 Å². The van der Waals surface area contributed by atoms with Crippen LogP contribution < -0.4 is 0 Å². The summed E-state index contributed by atoms with van der Waals surface area (Å²) in [6.45, 7) is 1.90. The summed E-state index contributed by atoms with van der Waals surface area (Å²) in [6.07, 6.45) is 1.50. The minimum atomic E-state index is 0.725. The molecule has 0 aliphatic rings. The molecule has 2 heterocycles. The van der Waals surface area contributed by atoms with Gasteiger partial charge in [0.25, 0.3) is 0 Å². The Hall–Kier alpha value is -1.72. The van der Waals surface area contributed by atoms with Crippen molar-refractivity contribution >= 4 is 0 Å². The van der Waals surface area contributed by atoms with Gasteiger partial charge < -0.3 is 4.57 Å². The van der Waals surface area contributed by atoms with Gasteiger partial charge in [0.05, 0.1) is 0 Å². The van der Waals surface area contributed by atoms with Gasteiger partial charge in [-0.15, -0.1) is 10.2 Å². The van der Waals surface area contributed by atoms with Gasteiger partial charge in [0, 0.05) is 14.1 Å². The summed E-state index contributed by atoms with van der Waals surface area (Å²) in [7, 11) is 3.73. The molecular weight excluding hydrogens is 168 g/mol. The van der Waals surface area contributed by atoms with Crippen LogP contribution in [0.2, 0.25) is 0 Å². The molecule has 0 aliphatic carbocycles. The normalized spacial score (nSPS) is 10.7. The first-order valence-electron chi connectivity index (χ1n) is 3.90. The van der Waals surface area contributed by atoms with E-state index in [9.17, 15) is 0 Å². The number of aryl methyl sites for hydroxylation is 2. The highest BCUT2D eigenvalue weighted by Gasteiger charge is 2.11. The van der Waals surface area contributed by atoms with E-state index >= 15 is 0 Å². The van der Waals surface area contributed by atoms with Gasteiger partial charge in [0.15, 0.2) is 5.82 Å². The smallest absolute Gasteiger partial charge is 0.201 e. The lowest BCUT2D eigenvalue weighted by Gasteiger charge is -1.99. The topological polar surface area (TPSA) is 61.4 Å². The van der Waals surface area contributed by atoms with Crippen LogP contribution in [0.15, 0.2) is 6.33 Å². The van der Waals surface area contributed by atoms with Gasteiger partial charge in [-0.05, 0) is 6.92 Å². The van der Waals surface area contributed by atoms with Gasteiger partial charge in [-0.25, -0.2) is 9.67 Å². The van der Waals surface area contributed by atoms with E-state index in [4.69, 9.17) is 0 Å². The lowest BCUT2D eigenvalue weighted by atomic mass is 10.5. The van der Waals surface area contributed by atoms with E-state index < -0.39 is 0 Å². The Balaban J connectivity index is 2.59.